The molecule has 0 aliphatic heterocycles. The third kappa shape index (κ3) is 9.53. The summed E-state index contributed by atoms with van der Waals surface area (Å²) in [5.74, 6) is 0. The van der Waals surface area contributed by atoms with Crippen LogP contribution < -0.4 is 0 Å². The van der Waals surface area contributed by atoms with Gasteiger partial charge in [-0.15, -0.1) is 71.9 Å². The van der Waals surface area contributed by atoms with Crippen molar-refractivity contribution in [2.45, 2.75) is 0 Å². The van der Waals surface area contributed by atoms with Crippen molar-refractivity contribution < 1.29 is 0 Å². The van der Waals surface area contributed by atoms with Gasteiger partial charge >= 0.3 is 0 Å². The van der Waals surface area contributed by atoms with Gasteiger partial charge < -0.3 is 0 Å². The molecular weight excluding hydrogens is 514 g/mol. The zero-order chi connectivity index (χ0) is 0. The molecular formula is H3CsI3. The molecule has 0 aromatic rings. The number of halogens is 3. The molecule has 0 atom stereocenters. The first-order valence-corrected chi connectivity index (χ1v) is 0. The molecule has 0 bridgehead atoms. The molecule has 0 aromatic carbocycles. The van der Waals surface area contributed by atoms with Gasteiger partial charge in [-0.1, -0.05) is 0 Å². The Morgan fingerprint density at radius 2 is 0.500 bits per heavy atom. The molecule has 0 heterocycles. The first-order valence-electron chi connectivity index (χ1n) is 0. The van der Waals surface area contributed by atoms with E-state index in [1.54, 1.807) is 0 Å². The first kappa shape index (κ1) is 24.0. The second-order valence-electron chi connectivity index (χ2n) is 0. The summed E-state index contributed by atoms with van der Waals surface area (Å²) < 4.78 is 0. The van der Waals surface area contributed by atoms with Crippen LogP contribution in [0.15, 0.2) is 0 Å². The monoisotopic (exact) mass is 517 g/mol. The van der Waals surface area contributed by atoms with Crippen LogP contribution >= 0.6 is 71.9 Å². The smallest absolute Gasteiger partial charge is 0 e. The normalized spacial score (nSPS) is 0. The molecule has 4 heteroatoms. The molecule has 0 saturated heterocycles. The third-order valence-electron chi connectivity index (χ3n) is 0. The first-order chi connectivity index (χ1) is 0. The second kappa shape index (κ2) is 15.7. The van der Waals surface area contributed by atoms with Gasteiger partial charge in [-0.2, -0.15) is 0 Å². The van der Waals surface area contributed by atoms with Crippen molar-refractivity contribution in [3.8, 4) is 0 Å². The van der Waals surface area contributed by atoms with Gasteiger partial charge in [-0.3, -0.25) is 0 Å². The minimum Gasteiger partial charge on any atom is -0.107 e. The Hall–Kier alpha value is 4.24. The largest absolute Gasteiger partial charge is 0.107 e. The van der Waals surface area contributed by atoms with Crippen molar-refractivity contribution in [2.24, 2.45) is 0 Å². The molecule has 0 fully saturated rings. The Kier molecular flexibility index (Phi) is 94.2. The van der Waals surface area contributed by atoms with E-state index in [2.05, 4.69) is 0 Å². The van der Waals surface area contributed by atoms with Gasteiger partial charge in [-0.05, 0) is 0 Å². The Bertz CT molecular complexity index is 3.25. The van der Waals surface area contributed by atoms with Crippen LogP contribution in [0.5, 0.6) is 0 Å². The third-order valence-corrected chi connectivity index (χ3v) is 0. The summed E-state index contributed by atoms with van der Waals surface area (Å²) in [6, 6.07) is 0. The average Bonchev–Trinajstić information content (AvgIpc) is 0. The maximum absolute atomic E-state index is 0. The average molecular weight is 517 g/mol. The Morgan fingerprint density at radius 1 is 0.500 bits per heavy atom. The van der Waals surface area contributed by atoms with Crippen LogP contribution in [0.4, 0.5) is 0 Å². The second-order valence-corrected chi connectivity index (χ2v) is 0. The van der Waals surface area contributed by atoms with E-state index in [1.165, 1.54) is 0 Å². The zero-order valence-electron chi connectivity index (χ0n) is 2.22. The van der Waals surface area contributed by atoms with Crippen molar-refractivity contribution in [1.29, 1.82) is 0 Å². The van der Waals surface area contributed by atoms with Crippen molar-refractivity contribution in [3.05, 3.63) is 0 Å². The van der Waals surface area contributed by atoms with Crippen molar-refractivity contribution in [2.75, 3.05) is 0 Å². The topological polar surface area (TPSA) is 0 Å². The molecule has 0 saturated carbocycles. The quantitative estimate of drug-likeness (QED) is 0.428. The Morgan fingerprint density at radius 3 is 0.500 bits per heavy atom. The number of rotatable bonds is 0. The molecule has 0 N–H and O–H groups in total. The standard InChI is InChI=1S/Cs.3HI/h;3*1H. The minimum absolute atomic E-state index is 0. The summed E-state index contributed by atoms with van der Waals surface area (Å²) in [5.41, 5.74) is 0. The summed E-state index contributed by atoms with van der Waals surface area (Å²) in [6.07, 6.45) is 0. The van der Waals surface area contributed by atoms with Gasteiger partial charge in [0.05, 0.1) is 0 Å². The molecule has 0 unspecified atom stereocenters. The van der Waals surface area contributed by atoms with E-state index in [0.29, 0.717) is 0 Å². The zero-order valence-corrected chi connectivity index (χ0v) is 15.5. The maximum atomic E-state index is 0. The molecule has 0 rings (SSSR count). The van der Waals surface area contributed by atoms with Crippen molar-refractivity contribution in [3.63, 3.8) is 0 Å². The van der Waals surface area contributed by atoms with Gasteiger partial charge in [0.25, 0.3) is 0 Å². The van der Waals surface area contributed by atoms with E-state index in [1.807, 2.05) is 0 Å². The summed E-state index contributed by atoms with van der Waals surface area (Å²) >= 11 is 0. The predicted octanol–water partition coefficient (Wildman–Crippen LogP) is 1.47. The molecule has 0 amide bonds. The molecule has 0 spiro atoms. The fraction of sp³-hybridized carbons (Fsp3) is 0. The minimum atomic E-state index is 0. The van der Waals surface area contributed by atoms with Crippen LogP contribution in [0.2, 0.25) is 0 Å². The van der Waals surface area contributed by atoms with Crippen LogP contribution in [-0.4, -0.2) is 68.9 Å². The van der Waals surface area contributed by atoms with E-state index < -0.39 is 0 Å². The fourth-order valence-electron chi connectivity index (χ4n) is 0. The van der Waals surface area contributed by atoms with Crippen molar-refractivity contribution in [1.82, 2.24) is 0 Å². The van der Waals surface area contributed by atoms with Gasteiger partial charge in [0, 0.05) is 68.9 Å². The summed E-state index contributed by atoms with van der Waals surface area (Å²) in [4.78, 5) is 0. The van der Waals surface area contributed by atoms with E-state index in [4.69, 9.17) is 0 Å². The van der Waals surface area contributed by atoms with Crippen LogP contribution in [0, 0.1) is 0 Å². The molecule has 0 aromatic heterocycles. The molecule has 1 radical (unpaired) electrons. The van der Waals surface area contributed by atoms with E-state index >= 15 is 0 Å². The van der Waals surface area contributed by atoms with Gasteiger partial charge in [0.15, 0.2) is 0 Å². The molecule has 4 heavy (non-hydrogen) atoms. The van der Waals surface area contributed by atoms with Gasteiger partial charge in [0.2, 0.25) is 0 Å². The molecule has 0 aliphatic rings. The maximum Gasteiger partial charge on any atom is 0 e. The van der Waals surface area contributed by atoms with Crippen molar-refractivity contribution >= 4 is 141 Å². The fourth-order valence-corrected chi connectivity index (χ4v) is 0. The van der Waals surface area contributed by atoms with Crippen LogP contribution in [0.1, 0.15) is 0 Å². The summed E-state index contributed by atoms with van der Waals surface area (Å²) in [5, 5.41) is 0. The SMILES string of the molecule is I.I.I.[Cs]. The Labute approximate surface area is 136 Å². The number of hydrogen-bond acceptors (Lipinski definition) is 0. The predicted molar refractivity (Wildman–Crippen MR) is 52.0 cm³/mol. The summed E-state index contributed by atoms with van der Waals surface area (Å²) in [6.45, 7) is 0. The van der Waals surface area contributed by atoms with Crippen LogP contribution in [0.3, 0.4) is 0 Å². The van der Waals surface area contributed by atoms with E-state index in [0.717, 1.165) is 0 Å². The number of hydrogen-bond donors (Lipinski definition) is 0. The molecule has 0 aliphatic carbocycles. The van der Waals surface area contributed by atoms with E-state index in [9.17, 15) is 0 Å². The van der Waals surface area contributed by atoms with Crippen LogP contribution in [-0.2, 0) is 0 Å². The van der Waals surface area contributed by atoms with Gasteiger partial charge in [-0.25, -0.2) is 0 Å². The molecule has 0 nitrogen and oxygen atoms in total. The van der Waals surface area contributed by atoms with E-state index in [-0.39, 0.29) is 141 Å². The summed E-state index contributed by atoms with van der Waals surface area (Å²) in [7, 11) is 0. The molecule has 25 valence electrons. The van der Waals surface area contributed by atoms with Crippen LogP contribution in [0.25, 0.3) is 0 Å². The Balaban J connectivity index is 0. The van der Waals surface area contributed by atoms with Gasteiger partial charge in [0.1, 0.15) is 0 Å².